The fourth-order valence-electron chi connectivity index (χ4n) is 0.847. The Morgan fingerprint density at radius 3 is 3.08 bits per heavy atom. The molecule has 0 aliphatic carbocycles. The van der Waals surface area contributed by atoms with Crippen molar-refractivity contribution in [2.24, 2.45) is 0 Å². The predicted molar refractivity (Wildman–Crippen MR) is 60.4 cm³/mol. The lowest BCUT2D eigenvalue weighted by Crippen LogP contribution is -2.06. The number of nitrogens with zero attached hydrogens (tertiary/aromatic N) is 2. The number of hydrogen-bond donors (Lipinski definition) is 0. The van der Waals surface area contributed by atoms with E-state index in [9.17, 15) is 0 Å². The summed E-state index contributed by atoms with van der Waals surface area (Å²) in [7, 11) is 5.70. The van der Waals surface area contributed by atoms with Crippen LogP contribution in [0.15, 0.2) is 6.20 Å². The number of aromatic nitrogens is 2. The molecule has 3 nitrogen and oxygen atoms in total. The maximum Gasteiger partial charge on any atom is 0.118 e. The molecule has 12 heavy (non-hydrogen) atoms. The largest absolute Gasteiger partial charge is 0.345 e. The predicted octanol–water partition coefficient (Wildman–Crippen LogP) is 1.16. The summed E-state index contributed by atoms with van der Waals surface area (Å²) in [5, 5.41) is 4.23. The van der Waals surface area contributed by atoms with Gasteiger partial charge in [0.05, 0.1) is 18.8 Å². The Labute approximate surface area is 88.0 Å². The summed E-state index contributed by atoms with van der Waals surface area (Å²) in [5.74, 6) is 0. The van der Waals surface area contributed by atoms with Crippen molar-refractivity contribution in [3.8, 4) is 0 Å². The van der Waals surface area contributed by atoms with E-state index in [4.69, 9.17) is 12.4 Å². The van der Waals surface area contributed by atoms with Gasteiger partial charge in [-0.25, -0.2) is 0 Å². The van der Waals surface area contributed by atoms with Gasteiger partial charge in [0.15, 0.2) is 0 Å². The first-order valence-electron chi connectivity index (χ1n) is 3.57. The summed E-state index contributed by atoms with van der Waals surface area (Å²) >= 11 is 2.17. The van der Waals surface area contributed by atoms with Gasteiger partial charge in [0.25, 0.3) is 0 Å². The highest BCUT2D eigenvalue weighted by Gasteiger charge is 2.02. The Morgan fingerprint density at radius 2 is 2.58 bits per heavy atom. The van der Waals surface area contributed by atoms with Gasteiger partial charge in [0, 0.05) is 12.7 Å². The molecule has 1 aromatic rings. The van der Waals surface area contributed by atoms with Gasteiger partial charge in [-0.3, -0.25) is 4.68 Å². The molecule has 0 amide bonds. The van der Waals surface area contributed by atoms with Gasteiger partial charge in [-0.15, -0.1) is 0 Å². The number of rotatable bonds is 4. The first kappa shape index (κ1) is 10.5. The average Bonchev–Trinajstić information content (AvgIpc) is 2.43. The second-order valence-corrected chi connectivity index (χ2v) is 4.02. The van der Waals surface area contributed by atoms with E-state index in [2.05, 4.69) is 27.1 Å². The van der Waals surface area contributed by atoms with Crippen molar-refractivity contribution < 1.29 is 4.52 Å². The van der Waals surface area contributed by atoms with Gasteiger partial charge in [0.1, 0.15) is 7.85 Å². The SMILES string of the molecule is [B]c1cn(CC)nc1COPI. The zero-order valence-electron chi connectivity index (χ0n) is 6.75. The highest BCUT2D eigenvalue weighted by molar-refractivity contribution is 14.2. The molecule has 0 aliphatic heterocycles. The minimum absolute atomic E-state index is 0.455. The topological polar surface area (TPSA) is 27.1 Å². The lowest BCUT2D eigenvalue weighted by Gasteiger charge is -1.96. The van der Waals surface area contributed by atoms with Crippen molar-refractivity contribution in [3.05, 3.63) is 11.9 Å². The molecule has 0 saturated heterocycles. The van der Waals surface area contributed by atoms with Crippen molar-refractivity contribution in [1.29, 1.82) is 0 Å². The second kappa shape index (κ2) is 5.20. The third kappa shape index (κ3) is 2.71. The molecule has 0 spiro atoms. The first-order valence-corrected chi connectivity index (χ1v) is 7.59. The Balaban J connectivity index is 2.64. The van der Waals surface area contributed by atoms with Crippen LogP contribution in [0.1, 0.15) is 12.6 Å². The van der Waals surface area contributed by atoms with Gasteiger partial charge in [-0.05, 0) is 29.0 Å². The van der Waals surface area contributed by atoms with E-state index in [1.165, 1.54) is 0 Å². The summed E-state index contributed by atoms with van der Waals surface area (Å²) < 4.78 is 7.03. The van der Waals surface area contributed by atoms with Crippen LogP contribution >= 0.6 is 28.5 Å². The van der Waals surface area contributed by atoms with Crippen LogP contribution < -0.4 is 5.46 Å². The van der Waals surface area contributed by atoms with Gasteiger partial charge in [-0.1, -0.05) is 5.46 Å². The van der Waals surface area contributed by atoms with Crippen LogP contribution in [0.2, 0.25) is 0 Å². The van der Waals surface area contributed by atoms with E-state index < -0.39 is 0 Å². The first-order chi connectivity index (χ1) is 5.77. The Bertz CT molecular complexity index is 256. The van der Waals surface area contributed by atoms with Gasteiger partial charge < -0.3 is 4.52 Å². The third-order valence-electron chi connectivity index (χ3n) is 1.46. The Hall–Kier alpha value is 0.395. The molecule has 64 valence electrons. The van der Waals surface area contributed by atoms with Crippen molar-refractivity contribution in [1.82, 2.24) is 9.78 Å². The Kier molecular flexibility index (Phi) is 4.54. The lowest BCUT2D eigenvalue weighted by molar-refractivity contribution is 0.353. The third-order valence-corrected chi connectivity index (χ3v) is 2.65. The standard InChI is InChI=1S/C6H9BIN2OP/c1-2-10-3-5(7)6(9-10)4-11-12-8/h3,12H,2,4H2,1H3. The summed E-state index contributed by atoms with van der Waals surface area (Å²) in [6.07, 6.45) is 1.83. The molecule has 6 heteroatoms. The van der Waals surface area contributed by atoms with Crippen LogP contribution in [0.25, 0.3) is 0 Å². The molecule has 1 aromatic heterocycles. The number of hydrogen-bond acceptors (Lipinski definition) is 2. The minimum atomic E-state index is 0.455. The van der Waals surface area contributed by atoms with E-state index in [1.807, 2.05) is 17.8 Å². The van der Waals surface area contributed by atoms with E-state index in [0.29, 0.717) is 18.5 Å². The van der Waals surface area contributed by atoms with Crippen LogP contribution in [-0.2, 0) is 17.7 Å². The molecule has 0 aliphatic rings. The lowest BCUT2D eigenvalue weighted by atomic mass is 9.97. The zero-order valence-corrected chi connectivity index (χ0v) is 9.91. The van der Waals surface area contributed by atoms with Gasteiger partial charge in [-0.2, -0.15) is 5.10 Å². The number of halogens is 1. The molecule has 1 rings (SSSR count). The van der Waals surface area contributed by atoms with Gasteiger partial charge >= 0.3 is 0 Å². The van der Waals surface area contributed by atoms with Gasteiger partial charge in [0.2, 0.25) is 0 Å². The van der Waals surface area contributed by atoms with Crippen LogP contribution in [0.4, 0.5) is 0 Å². The highest BCUT2D eigenvalue weighted by Crippen LogP contribution is 2.22. The summed E-state index contributed by atoms with van der Waals surface area (Å²) in [4.78, 5) is 0. The maximum atomic E-state index is 5.70. The molecule has 0 N–H and O–H groups in total. The normalized spacial score (nSPS) is 11.5. The molecule has 1 heterocycles. The quantitative estimate of drug-likeness (QED) is 0.473. The summed E-state index contributed by atoms with van der Waals surface area (Å²) in [6.45, 7) is 3.84. The molecule has 0 saturated carbocycles. The molecule has 0 fully saturated rings. The van der Waals surface area contributed by atoms with Crippen LogP contribution in [0.3, 0.4) is 0 Å². The number of aryl methyl sites for hydroxylation is 1. The molecule has 1 unspecified atom stereocenters. The van der Waals surface area contributed by atoms with E-state index in [1.54, 1.807) is 0 Å². The van der Waals surface area contributed by atoms with Crippen LogP contribution in [0.5, 0.6) is 0 Å². The minimum Gasteiger partial charge on any atom is -0.345 e. The molecular formula is C6H9BIN2OP. The smallest absolute Gasteiger partial charge is 0.118 e. The Morgan fingerprint density at radius 1 is 1.83 bits per heavy atom. The fraction of sp³-hybridized carbons (Fsp3) is 0.500. The molecule has 0 aromatic carbocycles. The fourth-order valence-corrected chi connectivity index (χ4v) is 1.50. The summed E-state index contributed by atoms with van der Waals surface area (Å²) in [5.41, 5.74) is 1.55. The van der Waals surface area contributed by atoms with Crippen molar-refractivity contribution in [3.63, 3.8) is 0 Å². The second-order valence-electron chi connectivity index (χ2n) is 2.25. The van der Waals surface area contributed by atoms with E-state index in [-0.39, 0.29) is 0 Å². The van der Waals surface area contributed by atoms with Crippen molar-refractivity contribution >= 4 is 41.8 Å². The highest BCUT2D eigenvalue weighted by atomic mass is 127. The van der Waals surface area contributed by atoms with Crippen LogP contribution in [0, 0.1) is 0 Å². The van der Waals surface area contributed by atoms with E-state index >= 15 is 0 Å². The van der Waals surface area contributed by atoms with Crippen molar-refractivity contribution in [2.45, 2.75) is 20.1 Å². The van der Waals surface area contributed by atoms with Crippen molar-refractivity contribution in [2.75, 3.05) is 0 Å². The van der Waals surface area contributed by atoms with E-state index in [0.717, 1.165) is 12.2 Å². The zero-order chi connectivity index (χ0) is 8.97. The maximum absolute atomic E-state index is 5.70. The summed E-state index contributed by atoms with van der Waals surface area (Å²) in [6, 6.07) is 0. The average molecular weight is 294 g/mol. The molecule has 0 bridgehead atoms. The van der Waals surface area contributed by atoms with Crippen LogP contribution in [-0.4, -0.2) is 17.6 Å². The molecule has 1 atom stereocenters. The molecular weight excluding hydrogens is 285 g/mol. The monoisotopic (exact) mass is 294 g/mol. The molecule has 2 radical (unpaired) electrons.